The minimum atomic E-state index is 0.322. The minimum Gasteiger partial charge on any atom is -0.382 e. The third kappa shape index (κ3) is 1.01. The lowest BCUT2D eigenvalue weighted by molar-refractivity contribution is 1.14. The molecule has 0 unspecified atom stereocenters. The summed E-state index contributed by atoms with van der Waals surface area (Å²) in [5.41, 5.74) is 7.58. The number of rotatable bonds is 0. The van der Waals surface area contributed by atoms with Gasteiger partial charge in [-0.1, -0.05) is 34.7 Å². The Bertz CT molecular complexity index is 312. The Morgan fingerprint density at radius 2 is 2.27 bits per heavy atom. The van der Waals surface area contributed by atoms with Crippen LogP contribution in [0.4, 0.5) is 0 Å². The van der Waals surface area contributed by atoms with Crippen molar-refractivity contribution in [2.45, 2.75) is 3.92 Å². The van der Waals surface area contributed by atoms with Crippen LogP contribution < -0.4 is 5.73 Å². The van der Waals surface area contributed by atoms with Gasteiger partial charge in [-0.3, -0.25) is 0 Å². The quantitative estimate of drug-likeness (QED) is 0.524. The summed E-state index contributed by atoms with van der Waals surface area (Å²) in [6, 6.07) is 0. The maximum atomic E-state index is 5.62. The van der Waals surface area contributed by atoms with E-state index in [4.69, 9.17) is 5.73 Å². The smallest absolute Gasteiger partial charge is 0.152 e. The molecule has 0 amide bonds. The lowest BCUT2D eigenvalue weighted by atomic mass is 10.1. The Morgan fingerprint density at radius 3 is 3.00 bits per heavy atom. The number of fused-ring (bicyclic) bond motifs is 1. The first-order chi connectivity index (χ1) is 5.29. The van der Waals surface area contributed by atoms with Crippen molar-refractivity contribution in [1.29, 1.82) is 0 Å². The van der Waals surface area contributed by atoms with Gasteiger partial charge < -0.3 is 5.73 Å². The van der Waals surface area contributed by atoms with Crippen molar-refractivity contribution in [3.63, 3.8) is 0 Å². The maximum absolute atomic E-state index is 5.62. The highest BCUT2D eigenvalue weighted by Crippen LogP contribution is 2.32. The van der Waals surface area contributed by atoms with Crippen molar-refractivity contribution in [3.8, 4) is 0 Å². The number of azo groups is 1. The van der Waals surface area contributed by atoms with E-state index in [1.54, 1.807) is 0 Å². The molecule has 1 aliphatic heterocycles. The fourth-order valence-corrected chi connectivity index (χ4v) is 1.97. The molecule has 0 aromatic heterocycles. The Balaban J connectivity index is 2.52. The summed E-state index contributed by atoms with van der Waals surface area (Å²) in [7, 11) is 0. The van der Waals surface area contributed by atoms with E-state index in [0.717, 1.165) is 11.3 Å². The molecule has 0 radical (unpaired) electrons. The molecular weight excluding hydrogens is 253 g/mol. The van der Waals surface area contributed by atoms with Crippen molar-refractivity contribution in [1.82, 2.24) is 0 Å². The average molecular weight is 259 g/mol. The molecule has 0 aromatic carbocycles. The van der Waals surface area contributed by atoms with Gasteiger partial charge in [0.2, 0.25) is 0 Å². The lowest BCUT2D eigenvalue weighted by Gasteiger charge is -2.09. The van der Waals surface area contributed by atoms with Crippen LogP contribution in [0.25, 0.3) is 0 Å². The van der Waals surface area contributed by atoms with E-state index in [2.05, 4.69) is 38.9 Å². The van der Waals surface area contributed by atoms with Gasteiger partial charge in [0.05, 0.1) is 9.62 Å². The maximum Gasteiger partial charge on any atom is 0.152 e. The van der Waals surface area contributed by atoms with E-state index in [1.165, 1.54) is 0 Å². The second kappa shape index (κ2) is 2.44. The zero-order valence-corrected chi connectivity index (χ0v) is 7.82. The van der Waals surface area contributed by atoms with E-state index < -0.39 is 0 Å². The molecule has 3 nitrogen and oxygen atoms in total. The molecule has 0 fully saturated rings. The third-order valence-corrected chi connectivity index (χ3v) is 2.67. The summed E-state index contributed by atoms with van der Waals surface area (Å²) in [5, 5.41) is 7.72. The highest BCUT2D eigenvalue weighted by molar-refractivity contribution is 14.1. The highest BCUT2D eigenvalue weighted by Gasteiger charge is 2.22. The predicted molar refractivity (Wildman–Crippen MR) is 51.1 cm³/mol. The van der Waals surface area contributed by atoms with E-state index in [-0.39, 0.29) is 0 Å². The van der Waals surface area contributed by atoms with Gasteiger partial charge in [-0.15, -0.1) is 10.2 Å². The van der Waals surface area contributed by atoms with Gasteiger partial charge in [0.1, 0.15) is 0 Å². The number of nitrogens with zero attached hydrogens (tertiary/aromatic N) is 2. The van der Waals surface area contributed by atoms with Gasteiger partial charge in [-0.05, 0) is 6.08 Å². The van der Waals surface area contributed by atoms with Gasteiger partial charge in [-0.2, -0.15) is 0 Å². The molecule has 0 spiro atoms. The molecule has 1 aliphatic carbocycles. The Labute approximate surface area is 77.9 Å². The summed E-state index contributed by atoms with van der Waals surface area (Å²) in [6.45, 7) is 0. The number of halogens is 1. The molecule has 2 N–H and O–H groups in total. The van der Waals surface area contributed by atoms with Crippen molar-refractivity contribution in [3.05, 3.63) is 35.3 Å². The molecule has 1 atom stereocenters. The first-order valence-electron chi connectivity index (χ1n) is 3.23. The van der Waals surface area contributed by atoms with Crippen LogP contribution in [-0.2, 0) is 0 Å². The van der Waals surface area contributed by atoms with Crippen LogP contribution in [0.15, 0.2) is 45.5 Å². The third-order valence-electron chi connectivity index (χ3n) is 1.63. The van der Waals surface area contributed by atoms with Crippen LogP contribution in [-0.4, -0.2) is 3.92 Å². The Hall–Kier alpha value is -0.650. The summed E-state index contributed by atoms with van der Waals surface area (Å²) in [5.74, 6) is 0.556. The van der Waals surface area contributed by atoms with Crippen LogP contribution in [0.3, 0.4) is 0 Å². The fraction of sp³-hybridized carbons (Fsp3) is 0.143. The van der Waals surface area contributed by atoms with Gasteiger partial charge >= 0.3 is 0 Å². The molecule has 2 rings (SSSR count). The highest BCUT2D eigenvalue weighted by atomic mass is 127. The number of allylic oxidation sites excluding steroid dienone is 4. The van der Waals surface area contributed by atoms with Crippen LogP contribution >= 0.6 is 22.6 Å². The SMILES string of the molecule is NC1=C2C(=CC=C[C@H]2I)N=N1. The van der Waals surface area contributed by atoms with E-state index in [1.807, 2.05) is 12.2 Å². The molecule has 0 saturated heterocycles. The Kier molecular flexibility index (Phi) is 1.56. The lowest BCUT2D eigenvalue weighted by Crippen LogP contribution is -2.07. The largest absolute Gasteiger partial charge is 0.382 e. The Morgan fingerprint density at radius 1 is 1.45 bits per heavy atom. The first-order valence-corrected chi connectivity index (χ1v) is 4.48. The minimum absolute atomic E-state index is 0.322. The van der Waals surface area contributed by atoms with Crippen LogP contribution in [0.1, 0.15) is 0 Å². The number of hydrogen-bond acceptors (Lipinski definition) is 3. The number of alkyl halides is 1. The van der Waals surface area contributed by atoms with Gasteiger partial charge in [-0.25, -0.2) is 0 Å². The predicted octanol–water partition coefficient (Wildman–Crippen LogP) is 1.88. The standard InChI is InChI=1S/C7H6IN3/c8-4-2-1-3-5-6(4)7(9)11-10-5/h1-4H,9H2/t4-/m1/s1. The molecule has 56 valence electrons. The van der Waals surface area contributed by atoms with E-state index >= 15 is 0 Å². The van der Waals surface area contributed by atoms with Crippen molar-refractivity contribution in [2.24, 2.45) is 16.0 Å². The molecule has 0 bridgehead atoms. The first kappa shape index (κ1) is 7.02. The van der Waals surface area contributed by atoms with Crippen molar-refractivity contribution in [2.75, 3.05) is 0 Å². The monoisotopic (exact) mass is 259 g/mol. The molecular formula is C7H6IN3. The van der Waals surface area contributed by atoms with Crippen LogP contribution in [0.2, 0.25) is 0 Å². The topological polar surface area (TPSA) is 50.7 Å². The second-order valence-electron chi connectivity index (χ2n) is 2.34. The van der Waals surface area contributed by atoms with Gasteiger partial charge in [0.15, 0.2) is 5.82 Å². The number of hydrogen-bond donors (Lipinski definition) is 1. The normalized spacial score (nSPS) is 27.4. The van der Waals surface area contributed by atoms with Crippen LogP contribution in [0.5, 0.6) is 0 Å². The molecule has 0 aromatic rings. The summed E-state index contributed by atoms with van der Waals surface area (Å²) >= 11 is 2.30. The summed E-state index contributed by atoms with van der Waals surface area (Å²) < 4.78 is 0.322. The van der Waals surface area contributed by atoms with E-state index in [9.17, 15) is 0 Å². The summed E-state index contributed by atoms with van der Waals surface area (Å²) in [6.07, 6.45) is 5.98. The molecule has 11 heavy (non-hydrogen) atoms. The van der Waals surface area contributed by atoms with E-state index in [0.29, 0.717) is 9.75 Å². The second-order valence-corrected chi connectivity index (χ2v) is 3.68. The van der Waals surface area contributed by atoms with Gasteiger partial charge in [0, 0.05) is 5.57 Å². The van der Waals surface area contributed by atoms with Gasteiger partial charge in [0.25, 0.3) is 0 Å². The molecule has 4 heteroatoms. The molecule has 1 heterocycles. The summed E-state index contributed by atoms with van der Waals surface area (Å²) in [4.78, 5) is 0. The number of nitrogens with two attached hydrogens (primary N) is 1. The van der Waals surface area contributed by atoms with Crippen molar-refractivity contribution < 1.29 is 0 Å². The van der Waals surface area contributed by atoms with Crippen LogP contribution in [0, 0.1) is 0 Å². The molecule has 2 aliphatic rings. The fourth-order valence-electron chi connectivity index (χ4n) is 1.09. The zero-order valence-electron chi connectivity index (χ0n) is 5.66. The average Bonchev–Trinajstić information content (AvgIpc) is 2.34. The van der Waals surface area contributed by atoms with Crippen molar-refractivity contribution >= 4 is 22.6 Å². The molecule has 0 saturated carbocycles. The zero-order chi connectivity index (χ0) is 7.84.